The lowest BCUT2D eigenvalue weighted by molar-refractivity contribution is 0.0602. The van der Waals surface area contributed by atoms with Gasteiger partial charge in [0, 0.05) is 5.39 Å². The smallest absolute Gasteiger partial charge is 0.340 e. The number of phenolic OH excluding ortho intramolecular Hbond substituents is 1. The van der Waals surface area contributed by atoms with E-state index in [1.807, 2.05) is 48.5 Å². The number of benzene rings is 4. The van der Waals surface area contributed by atoms with E-state index in [1.54, 1.807) is 30.3 Å². The molecule has 0 bridgehead atoms. The highest BCUT2D eigenvalue weighted by Gasteiger charge is 2.19. The molecule has 0 spiro atoms. The lowest BCUT2D eigenvalue weighted by atomic mass is 10.0. The fraction of sp³-hybridized carbons (Fsp3) is 0.0400. The summed E-state index contributed by atoms with van der Waals surface area (Å²) in [6.07, 6.45) is 0. The summed E-state index contributed by atoms with van der Waals surface area (Å²) in [6, 6.07) is 23.5. The van der Waals surface area contributed by atoms with Crippen molar-refractivity contribution < 1.29 is 23.8 Å². The molecule has 0 saturated carbocycles. The van der Waals surface area contributed by atoms with Crippen molar-refractivity contribution in [2.24, 2.45) is 0 Å². The van der Waals surface area contributed by atoms with Crippen LogP contribution in [0.15, 0.2) is 83.3 Å². The highest BCUT2D eigenvalue weighted by Crippen LogP contribution is 2.39. The molecule has 5 rings (SSSR count). The van der Waals surface area contributed by atoms with Crippen molar-refractivity contribution in [1.82, 2.24) is 4.98 Å². The molecular formula is C25H17NO5. The number of hydrogen-bond acceptors (Lipinski definition) is 6. The van der Waals surface area contributed by atoms with Gasteiger partial charge in [0.05, 0.1) is 18.2 Å². The number of oxazole rings is 1. The number of aromatic nitrogens is 1. The van der Waals surface area contributed by atoms with Crippen molar-refractivity contribution in [3.8, 4) is 28.7 Å². The van der Waals surface area contributed by atoms with E-state index in [4.69, 9.17) is 13.9 Å². The number of methoxy groups -OCH3 is 1. The van der Waals surface area contributed by atoms with Gasteiger partial charge in [-0.15, -0.1) is 0 Å². The maximum Gasteiger partial charge on any atom is 0.340 e. The van der Waals surface area contributed by atoms with E-state index >= 15 is 0 Å². The Morgan fingerprint density at radius 2 is 1.74 bits per heavy atom. The van der Waals surface area contributed by atoms with E-state index in [-0.39, 0.29) is 11.6 Å². The predicted octanol–water partition coefficient (Wildman–Crippen LogP) is 5.93. The minimum Gasteiger partial charge on any atom is -0.506 e. The molecule has 0 fully saturated rings. The Labute approximate surface area is 177 Å². The Bertz CT molecular complexity index is 1420. The van der Waals surface area contributed by atoms with Crippen LogP contribution in [-0.4, -0.2) is 23.2 Å². The average molecular weight is 411 g/mol. The molecular weight excluding hydrogens is 394 g/mol. The number of ether oxygens (including phenoxy) is 2. The third-order valence-corrected chi connectivity index (χ3v) is 5.00. The van der Waals surface area contributed by atoms with Gasteiger partial charge in [-0.2, -0.15) is 0 Å². The molecule has 0 aliphatic heterocycles. The number of rotatable bonds is 4. The van der Waals surface area contributed by atoms with E-state index in [2.05, 4.69) is 4.98 Å². The quantitative estimate of drug-likeness (QED) is 0.369. The minimum absolute atomic E-state index is 0.0159. The van der Waals surface area contributed by atoms with Crippen LogP contribution in [0.1, 0.15) is 10.4 Å². The summed E-state index contributed by atoms with van der Waals surface area (Å²) in [5, 5.41) is 12.4. The van der Waals surface area contributed by atoms with Crippen LogP contribution in [0.25, 0.3) is 33.3 Å². The Kier molecular flexibility index (Phi) is 4.52. The molecule has 1 heterocycles. The van der Waals surface area contributed by atoms with Crippen LogP contribution in [-0.2, 0) is 4.74 Å². The molecule has 6 nitrogen and oxygen atoms in total. The van der Waals surface area contributed by atoms with Gasteiger partial charge in [0.1, 0.15) is 22.8 Å². The van der Waals surface area contributed by atoms with Crippen LogP contribution in [0, 0.1) is 0 Å². The Balaban J connectivity index is 1.60. The van der Waals surface area contributed by atoms with Crippen LogP contribution in [0.4, 0.5) is 0 Å². The molecule has 0 aliphatic rings. The lowest BCUT2D eigenvalue weighted by Crippen LogP contribution is -2.01. The zero-order chi connectivity index (χ0) is 21.4. The first kappa shape index (κ1) is 18.7. The number of nitrogens with zero attached hydrogens (tertiary/aromatic N) is 1. The van der Waals surface area contributed by atoms with Crippen molar-refractivity contribution in [2.45, 2.75) is 0 Å². The topological polar surface area (TPSA) is 81.8 Å². The first-order valence-corrected chi connectivity index (χ1v) is 9.61. The molecule has 4 aromatic carbocycles. The van der Waals surface area contributed by atoms with Crippen molar-refractivity contribution >= 4 is 27.8 Å². The number of esters is 1. The van der Waals surface area contributed by atoms with E-state index in [9.17, 15) is 9.90 Å². The van der Waals surface area contributed by atoms with Gasteiger partial charge >= 0.3 is 5.97 Å². The van der Waals surface area contributed by atoms with Crippen LogP contribution in [0.3, 0.4) is 0 Å². The number of aromatic hydroxyl groups is 1. The highest BCUT2D eigenvalue weighted by atomic mass is 16.5. The summed E-state index contributed by atoms with van der Waals surface area (Å²) >= 11 is 0. The SMILES string of the molecule is COC(=O)c1cccc2oc(-c3ccc4ccc(Oc5ccccc5)cc4c3O)nc12. The second kappa shape index (κ2) is 7.50. The normalized spacial score (nSPS) is 11.0. The molecule has 0 amide bonds. The first-order valence-electron chi connectivity index (χ1n) is 9.61. The van der Waals surface area contributed by atoms with Gasteiger partial charge in [-0.1, -0.05) is 36.4 Å². The summed E-state index contributed by atoms with van der Waals surface area (Å²) < 4.78 is 16.5. The molecule has 0 unspecified atom stereocenters. The summed E-state index contributed by atoms with van der Waals surface area (Å²) in [5.41, 5.74) is 1.52. The Hall–Kier alpha value is -4.32. The Morgan fingerprint density at radius 3 is 2.55 bits per heavy atom. The third kappa shape index (κ3) is 3.34. The fourth-order valence-corrected chi connectivity index (χ4v) is 3.48. The maximum absolute atomic E-state index is 12.0. The third-order valence-electron chi connectivity index (χ3n) is 5.00. The van der Waals surface area contributed by atoms with Gasteiger partial charge in [0.2, 0.25) is 5.89 Å². The van der Waals surface area contributed by atoms with E-state index in [1.165, 1.54) is 7.11 Å². The lowest BCUT2D eigenvalue weighted by Gasteiger charge is -2.09. The maximum atomic E-state index is 12.0. The summed E-state index contributed by atoms with van der Waals surface area (Å²) in [6.45, 7) is 0. The van der Waals surface area contributed by atoms with Crippen molar-refractivity contribution in [1.29, 1.82) is 0 Å². The number of para-hydroxylation sites is 2. The zero-order valence-corrected chi connectivity index (χ0v) is 16.5. The number of carbonyl (C=O) groups is 1. The molecule has 31 heavy (non-hydrogen) atoms. The van der Waals surface area contributed by atoms with Crippen molar-refractivity contribution in [3.63, 3.8) is 0 Å². The van der Waals surface area contributed by atoms with Gasteiger partial charge in [-0.05, 0) is 47.9 Å². The molecule has 5 aromatic rings. The van der Waals surface area contributed by atoms with Crippen LogP contribution in [0.2, 0.25) is 0 Å². The van der Waals surface area contributed by atoms with Gasteiger partial charge < -0.3 is 19.0 Å². The molecule has 1 aromatic heterocycles. The van der Waals surface area contributed by atoms with E-state index in [0.29, 0.717) is 39.1 Å². The first-order chi connectivity index (χ1) is 15.1. The van der Waals surface area contributed by atoms with E-state index < -0.39 is 5.97 Å². The van der Waals surface area contributed by atoms with Crippen molar-refractivity contribution in [3.05, 3.63) is 84.4 Å². The van der Waals surface area contributed by atoms with Gasteiger partial charge in [-0.25, -0.2) is 9.78 Å². The van der Waals surface area contributed by atoms with Gasteiger partial charge in [0.15, 0.2) is 5.58 Å². The average Bonchev–Trinajstić information content (AvgIpc) is 3.24. The molecule has 0 atom stereocenters. The number of hydrogen-bond donors (Lipinski definition) is 1. The van der Waals surface area contributed by atoms with Gasteiger partial charge in [-0.3, -0.25) is 0 Å². The van der Waals surface area contributed by atoms with Crippen LogP contribution >= 0.6 is 0 Å². The molecule has 0 aliphatic carbocycles. The van der Waals surface area contributed by atoms with Crippen LogP contribution < -0.4 is 4.74 Å². The molecule has 0 radical (unpaired) electrons. The monoisotopic (exact) mass is 411 g/mol. The molecule has 152 valence electrons. The minimum atomic E-state index is -0.504. The molecule has 1 N–H and O–H groups in total. The summed E-state index contributed by atoms with van der Waals surface area (Å²) in [4.78, 5) is 16.5. The van der Waals surface area contributed by atoms with E-state index in [0.717, 1.165) is 5.39 Å². The number of phenols is 1. The highest BCUT2D eigenvalue weighted by molar-refractivity contribution is 6.02. The van der Waals surface area contributed by atoms with Crippen molar-refractivity contribution in [2.75, 3.05) is 7.11 Å². The zero-order valence-electron chi connectivity index (χ0n) is 16.5. The summed E-state index contributed by atoms with van der Waals surface area (Å²) in [7, 11) is 1.31. The standard InChI is InChI=1S/C25H17NO5/c1-29-25(28)18-8-5-9-21-22(18)26-24(31-21)19-13-11-15-10-12-17(14-20(15)23(19)27)30-16-6-3-2-4-7-16/h2-14,27H,1H3. The second-order valence-electron chi connectivity index (χ2n) is 6.92. The van der Waals surface area contributed by atoms with Crippen LogP contribution in [0.5, 0.6) is 17.2 Å². The number of carbonyl (C=O) groups excluding carboxylic acids is 1. The molecule has 0 saturated heterocycles. The predicted molar refractivity (Wildman–Crippen MR) is 116 cm³/mol. The molecule has 6 heteroatoms. The second-order valence-corrected chi connectivity index (χ2v) is 6.92. The summed E-state index contributed by atoms with van der Waals surface area (Å²) in [5.74, 6) is 1.02. The van der Waals surface area contributed by atoms with Gasteiger partial charge in [0.25, 0.3) is 0 Å². The fourth-order valence-electron chi connectivity index (χ4n) is 3.48. The number of fused-ring (bicyclic) bond motifs is 2. The largest absolute Gasteiger partial charge is 0.506 e. The Morgan fingerprint density at radius 1 is 0.935 bits per heavy atom.